The largest absolute Gasteiger partial charge is 0.444 e. The van der Waals surface area contributed by atoms with Crippen LogP contribution in [0.25, 0.3) is 11.0 Å². The Kier molecular flexibility index (Phi) is 4.75. The van der Waals surface area contributed by atoms with Crippen LogP contribution >= 0.6 is 0 Å². The topological polar surface area (TPSA) is 99.0 Å². The van der Waals surface area contributed by atoms with Crippen LogP contribution < -0.4 is 16.3 Å². The van der Waals surface area contributed by atoms with Crippen molar-refractivity contribution in [1.82, 2.24) is 15.3 Å². The normalized spacial score (nSPS) is 11.4. The fourth-order valence-corrected chi connectivity index (χ4v) is 1.97. The van der Waals surface area contributed by atoms with E-state index in [4.69, 9.17) is 4.74 Å². The van der Waals surface area contributed by atoms with E-state index in [0.29, 0.717) is 13.1 Å². The summed E-state index contributed by atoms with van der Waals surface area (Å²) < 4.78 is 5.15. The first-order chi connectivity index (χ1) is 10.3. The Hall–Kier alpha value is -2.44. The van der Waals surface area contributed by atoms with E-state index < -0.39 is 11.7 Å². The number of nitrogens with one attached hydrogen (secondary N) is 4. The van der Waals surface area contributed by atoms with Gasteiger partial charge in [-0.15, -0.1) is 0 Å². The molecule has 0 spiro atoms. The zero-order valence-electron chi connectivity index (χ0n) is 13.1. The first-order valence-electron chi connectivity index (χ1n) is 7.26. The van der Waals surface area contributed by atoms with Crippen molar-refractivity contribution in [3.8, 4) is 0 Å². The van der Waals surface area contributed by atoms with Gasteiger partial charge in [0.25, 0.3) is 0 Å². The summed E-state index contributed by atoms with van der Waals surface area (Å²) in [5.41, 5.74) is 1.77. The fraction of sp³-hybridized carbons (Fsp3) is 0.467. The van der Waals surface area contributed by atoms with Gasteiger partial charge in [0.1, 0.15) is 5.60 Å². The number of carbonyl (C=O) groups excluding carboxylic acids is 1. The van der Waals surface area contributed by atoms with Crippen molar-refractivity contribution >= 4 is 22.8 Å². The van der Waals surface area contributed by atoms with E-state index in [2.05, 4.69) is 20.6 Å². The predicted octanol–water partition coefficient (Wildman–Crippen LogP) is 2.18. The number of ether oxygens (including phenoxy) is 1. The molecule has 0 radical (unpaired) electrons. The molecular formula is C15H22N4O3. The van der Waals surface area contributed by atoms with Gasteiger partial charge >= 0.3 is 11.8 Å². The van der Waals surface area contributed by atoms with E-state index in [1.165, 1.54) is 0 Å². The Balaban J connectivity index is 1.71. The first kappa shape index (κ1) is 15.9. The van der Waals surface area contributed by atoms with Crippen LogP contribution in [0.2, 0.25) is 0 Å². The lowest BCUT2D eigenvalue weighted by atomic mass is 10.2. The highest BCUT2D eigenvalue weighted by atomic mass is 16.6. The molecule has 1 amide bonds. The van der Waals surface area contributed by atoms with Gasteiger partial charge in [-0.2, -0.15) is 0 Å². The number of fused-ring (bicyclic) bond motifs is 1. The highest BCUT2D eigenvalue weighted by molar-refractivity contribution is 5.78. The molecule has 0 atom stereocenters. The highest BCUT2D eigenvalue weighted by Gasteiger charge is 2.15. The molecule has 0 saturated carbocycles. The summed E-state index contributed by atoms with van der Waals surface area (Å²) in [4.78, 5) is 28.0. The Bertz CT molecular complexity index is 697. The van der Waals surface area contributed by atoms with Crippen LogP contribution in [0.5, 0.6) is 0 Å². The second kappa shape index (κ2) is 6.55. The number of aromatic amines is 2. The number of hydrogen-bond acceptors (Lipinski definition) is 4. The second-order valence-electron chi connectivity index (χ2n) is 6.05. The minimum absolute atomic E-state index is 0.214. The lowest BCUT2D eigenvalue weighted by Gasteiger charge is -2.19. The van der Waals surface area contributed by atoms with E-state index in [1.807, 2.05) is 39.0 Å². The van der Waals surface area contributed by atoms with E-state index in [0.717, 1.165) is 23.1 Å². The quantitative estimate of drug-likeness (QED) is 0.636. The van der Waals surface area contributed by atoms with E-state index in [1.54, 1.807) is 0 Å². The van der Waals surface area contributed by atoms with Gasteiger partial charge in [-0.1, -0.05) is 0 Å². The second-order valence-corrected chi connectivity index (χ2v) is 6.05. The van der Waals surface area contributed by atoms with Crippen LogP contribution in [-0.4, -0.2) is 34.8 Å². The van der Waals surface area contributed by atoms with E-state index >= 15 is 0 Å². The predicted molar refractivity (Wildman–Crippen MR) is 86.3 cm³/mol. The molecule has 0 aliphatic heterocycles. The molecule has 22 heavy (non-hydrogen) atoms. The minimum Gasteiger partial charge on any atom is -0.444 e. The smallest absolute Gasteiger partial charge is 0.407 e. The number of aromatic nitrogens is 2. The summed E-state index contributed by atoms with van der Waals surface area (Å²) in [7, 11) is 0. The number of benzene rings is 1. The minimum atomic E-state index is -0.481. The third kappa shape index (κ3) is 4.83. The van der Waals surface area contributed by atoms with Crippen molar-refractivity contribution in [3.05, 3.63) is 28.7 Å². The van der Waals surface area contributed by atoms with Gasteiger partial charge in [-0.25, -0.2) is 9.59 Å². The average molecular weight is 306 g/mol. The van der Waals surface area contributed by atoms with Crippen molar-refractivity contribution in [3.63, 3.8) is 0 Å². The van der Waals surface area contributed by atoms with Crippen molar-refractivity contribution in [2.45, 2.75) is 32.8 Å². The van der Waals surface area contributed by atoms with Gasteiger partial charge in [0, 0.05) is 18.8 Å². The molecule has 7 nitrogen and oxygen atoms in total. The molecule has 4 N–H and O–H groups in total. The van der Waals surface area contributed by atoms with Crippen molar-refractivity contribution < 1.29 is 9.53 Å². The molecule has 1 heterocycles. The zero-order chi connectivity index (χ0) is 16.2. The first-order valence-corrected chi connectivity index (χ1v) is 7.26. The number of amides is 1. The molecule has 0 saturated heterocycles. The summed E-state index contributed by atoms with van der Waals surface area (Å²) in [6.45, 7) is 6.72. The van der Waals surface area contributed by atoms with Crippen LogP contribution in [0, 0.1) is 0 Å². The molecule has 1 aromatic heterocycles. The molecule has 0 aliphatic rings. The third-order valence-electron chi connectivity index (χ3n) is 2.87. The number of H-pyrrole nitrogens is 2. The van der Waals surface area contributed by atoms with Gasteiger partial charge < -0.3 is 25.3 Å². The molecule has 0 bridgehead atoms. The number of rotatable bonds is 5. The van der Waals surface area contributed by atoms with Gasteiger partial charge in [0.2, 0.25) is 0 Å². The standard InChI is InChI=1S/C15H22N4O3/c1-15(2,3)22-14(21)17-8-4-7-16-10-5-6-11-12(9-10)19-13(20)18-11/h5-6,9,16H,4,7-8H2,1-3H3,(H,17,21)(H2,18,19,20). The van der Waals surface area contributed by atoms with Gasteiger partial charge in [-0.05, 0) is 45.4 Å². The number of alkyl carbamates (subject to hydrolysis) is 1. The fourth-order valence-electron chi connectivity index (χ4n) is 1.97. The lowest BCUT2D eigenvalue weighted by molar-refractivity contribution is 0.0528. The molecular weight excluding hydrogens is 284 g/mol. The Morgan fingerprint density at radius 1 is 1.18 bits per heavy atom. The molecule has 0 aliphatic carbocycles. The van der Waals surface area contributed by atoms with Crippen LogP contribution in [0.1, 0.15) is 27.2 Å². The maximum atomic E-state index is 11.4. The molecule has 2 aromatic rings. The van der Waals surface area contributed by atoms with Crippen molar-refractivity contribution in [2.75, 3.05) is 18.4 Å². The summed E-state index contributed by atoms with van der Waals surface area (Å²) in [6.07, 6.45) is 0.361. The SMILES string of the molecule is CC(C)(C)OC(=O)NCCCNc1ccc2[nH]c(=O)[nH]c2c1. The molecule has 7 heteroatoms. The maximum absolute atomic E-state index is 11.4. The molecule has 1 aromatic carbocycles. The van der Waals surface area contributed by atoms with E-state index in [9.17, 15) is 9.59 Å². The zero-order valence-corrected chi connectivity index (χ0v) is 13.1. The monoisotopic (exact) mass is 306 g/mol. The van der Waals surface area contributed by atoms with Gasteiger partial charge in [0.05, 0.1) is 11.0 Å². The number of imidazole rings is 1. The highest BCUT2D eigenvalue weighted by Crippen LogP contribution is 2.14. The number of hydrogen-bond donors (Lipinski definition) is 4. The summed E-state index contributed by atoms with van der Waals surface area (Å²) >= 11 is 0. The molecule has 0 fully saturated rings. The summed E-state index contributed by atoms with van der Waals surface area (Å²) in [5.74, 6) is 0. The number of carbonyl (C=O) groups is 1. The van der Waals surface area contributed by atoms with Crippen molar-refractivity contribution in [1.29, 1.82) is 0 Å². The lowest BCUT2D eigenvalue weighted by Crippen LogP contribution is -2.33. The Morgan fingerprint density at radius 3 is 2.64 bits per heavy atom. The molecule has 0 unspecified atom stereocenters. The van der Waals surface area contributed by atoms with Crippen LogP contribution in [-0.2, 0) is 4.74 Å². The molecule has 120 valence electrons. The Labute approximate surface area is 128 Å². The van der Waals surface area contributed by atoms with Crippen LogP contribution in [0.4, 0.5) is 10.5 Å². The third-order valence-corrected chi connectivity index (χ3v) is 2.87. The van der Waals surface area contributed by atoms with Gasteiger partial charge in [-0.3, -0.25) is 0 Å². The van der Waals surface area contributed by atoms with Gasteiger partial charge in [0.15, 0.2) is 0 Å². The average Bonchev–Trinajstić information content (AvgIpc) is 2.75. The Morgan fingerprint density at radius 2 is 1.91 bits per heavy atom. The summed E-state index contributed by atoms with van der Waals surface area (Å²) in [5, 5.41) is 5.94. The van der Waals surface area contributed by atoms with Crippen LogP contribution in [0.15, 0.2) is 23.0 Å². The maximum Gasteiger partial charge on any atom is 0.407 e. The van der Waals surface area contributed by atoms with E-state index in [-0.39, 0.29) is 5.69 Å². The summed E-state index contributed by atoms with van der Waals surface area (Å²) in [6, 6.07) is 5.61. The molecule has 2 rings (SSSR count). The van der Waals surface area contributed by atoms with Crippen molar-refractivity contribution in [2.24, 2.45) is 0 Å². The van der Waals surface area contributed by atoms with Crippen LogP contribution in [0.3, 0.4) is 0 Å². The number of anilines is 1.